The van der Waals surface area contributed by atoms with Crippen molar-refractivity contribution in [2.75, 3.05) is 13.1 Å². The lowest BCUT2D eigenvalue weighted by Crippen LogP contribution is -2.19. The van der Waals surface area contributed by atoms with Crippen molar-refractivity contribution in [1.29, 1.82) is 0 Å². The van der Waals surface area contributed by atoms with Gasteiger partial charge < -0.3 is 5.32 Å². The molecule has 0 fully saturated rings. The Bertz CT molecular complexity index is 303. The highest BCUT2D eigenvalue weighted by molar-refractivity contribution is 9.10. The van der Waals surface area contributed by atoms with Gasteiger partial charge in [-0.3, -0.25) is 0 Å². The van der Waals surface area contributed by atoms with Crippen LogP contribution in [0.3, 0.4) is 0 Å². The molecule has 1 aliphatic heterocycles. The highest BCUT2D eigenvalue weighted by atomic mass is 79.9. The predicted molar refractivity (Wildman–Crippen MR) is 57.5 cm³/mol. The topological polar surface area (TPSA) is 12.0 Å². The van der Waals surface area contributed by atoms with E-state index in [0.717, 1.165) is 19.5 Å². The summed E-state index contributed by atoms with van der Waals surface area (Å²) in [6.07, 6.45) is 3.43. The Balaban J connectivity index is 2.29. The molecule has 0 atom stereocenters. The van der Waals surface area contributed by atoms with Gasteiger partial charge in [0.2, 0.25) is 0 Å². The number of thiophene rings is 1. The van der Waals surface area contributed by atoms with Gasteiger partial charge in [-0.1, -0.05) is 6.08 Å². The van der Waals surface area contributed by atoms with Gasteiger partial charge in [0, 0.05) is 15.9 Å². The first-order chi connectivity index (χ1) is 5.88. The third-order valence-corrected chi connectivity index (χ3v) is 3.89. The second-order valence-electron chi connectivity index (χ2n) is 2.78. The predicted octanol–water partition coefficient (Wildman–Crippen LogP) is 2.89. The molecular formula is C9H10BrNS. The summed E-state index contributed by atoms with van der Waals surface area (Å²) in [7, 11) is 0. The molecule has 2 rings (SSSR count). The molecule has 0 unspecified atom stereocenters. The van der Waals surface area contributed by atoms with Gasteiger partial charge in [0.05, 0.1) is 0 Å². The molecule has 0 amide bonds. The van der Waals surface area contributed by atoms with Crippen LogP contribution in [0.15, 0.2) is 22.0 Å². The standard InChI is InChI=1S/C9H10BrNS/c10-8-3-6-12-9(8)7-1-4-11-5-2-7/h1,3,6,11H,2,4-5H2. The molecule has 1 nitrogen and oxygen atoms in total. The molecular weight excluding hydrogens is 234 g/mol. The Morgan fingerprint density at radius 1 is 1.50 bits per heavy atom. The summed E-state index contributed by atoms with van der Waals surface area (Å²) in [6, 6.07) is 2.11. The summed E-state index contributed by atoms with van der Waals surface area (Å²) < 4.78 is 1.24. The van der Waals surface area contributed by atoms with Crippen molar-refractivity contribution in [3.8, 4) is 0 Å². The number of halogens is 1. The van der Waals surface area contributed by atoms with Crippen LogP contribution in [0.25, 0.3) is 5.57 Å². The van der Waals surface area contributed by atoms with Crippen LogP contribution in [0.2, 0.25) is 0 Å². The summed E-state index contributed by atoms with van der Waals surface area (Å²) in [5, 5.41) is 5.44. The van der Waals surface area contributed by atoms with E-state index in [1.54, 1.807) is 0 Å². The Morgan fingerprint density at radius 3 is 3.00 bits per heavy atom. The summed E-state index contributed by atoms with van der Waals surface area (Å²) in [4.78, 5) is 1.40. The van der Waals surface area contributed by atoms with Crippen LogP contribution >= 0.6 is 27.3 Å². The summed E-state index contributed by atoms with van der Waals surface area (Å²) in [5.41, 5.74) is 1.48. The first-order valence-electron chi connectivity index (χ1n) is 4.01. The molecule has 3 heteroatoms. The molecule has 0 spiro atoms. The zero-order chi connectivity index (χ0) is 8.39. The first kappa shape index (κ1) is 8.48. The maximum absolute atomic E-state index is 3.55. The minimum atomic E-state index is 1.01. The van der Waals surface area contributed by atoms with Crippen molar-refractivity contribution in [1.82, 2.24) is 5.32 Å². The van der Waals surface area contributed by atoms with Crippen molar-refractivity contribution in [3.05, 3.63) is 26.9 Å². The van der Waals surface area contributed by atoms with E-state index in [-0.39, 0.29) is 0 Å². The highest BCUT2D eigenvalue weighted by Gasteiger charge is 2.09. The van der Waals surface area contributed by atoms with Crippen LogP contribution in [-0.2, 0) is 0 Å². The molecule has 0 aliphatic carbocycles. The SMILES string of the molecule is Brc1ccsc1C1=CCNCC1. The monoisotopic (exact) mass is 243 g/mol. The van der Waals surface area contributed by atoms with Crippen LogP contribution in [0, 0.1) is 0 Å². The molecule has 0 aromatic carbocycles. The average Bonchev–Trinajstić information content (AvgIpc) is 2.53. The van der Waals surface area contributed by atoms with Crippen molar-refractivity contribution in [2.24, 2.45) is 0 Å². The van der Waals surface area contributed by atoms with E-state index >= 15 is 0 Å². The smallest absolute Gasteiger partial charge is 0.0442 e. The maximum Gasteiger partial charge on any atom is 0.0442 e. The van der Waals surface area contributed by atoms with Crippen molar-refractivity contribution in [2.45, 2.75) is 6.42 Å². The molecule has 1 aromatic heterocycles. The second kappa shape index (κ2) is 3.73. The van der Waals surface area contributed by atoms with Gasteiger partial charge in [-0.15, -0.1) is 11.3 Å². The van der Waals surface area contributed by atoms with E-state index in [2.05, 4.69) is 38.8 Å². The van der Waals surface area contributed by atoms with Crippen LogP contribution in [0.4, 0.5) is 0 Å². The van der Waals surface area contributed by atoms with Crippen LogP contribution < -0.4 is 5.32 Å². The van der Waals surface area contributed by atoms with Gasteiger partial charge in [-0.2, -0.15) is 0 Å². The zero-order valence-electron chi connectivity index (χ0n) is 6.64. The number of hydrogen-bond donors (Lipinski definition) is 1. The normalized spacial score (nSPS) is 17.6. The first-order valence-corrected chi connectivity index (χ1v) is 5.68. The maximum atomic E-state index is 3.55. The molecule has 2 heterocycles. The number of nitrogens with one attached hydrogen (secondary N) is 1. The van der Waals surface area contributed by atoms with E-state index in [9.17, 15) is 0 Å². The van der Waals surface area contributed by atoms with Crippen LogP contribution in [0.5, 0.6) is 0 Å². The third-order valence-electron chi connectivity index (χ3n) is 1.97. The van der Waals surface area contributed by atoms with Crippen LogP contribution in [0.1, 0.15) is 11.3 Å². The molecule has 12 heavy (non-hydrogen) atoms. The third kappa shape index (κ3) is 1.63. The van der Waals surface area contributed by atoms with E-state index < -0.39 is 0 Å². The number of rotatable bonds is 1. The molecule has 0 bridgehead atoms. The largest absolute Gasteiger partial charge is 0.313 e. The Hall–Kier alpha value is -0.120. The van der Waals surface area contributed by atoms with Gasteiger partial charge in [0.25, 0.3) is 0 Å². The van der Waals surface area contributed by atoms with Gasteiger partial charge in [0.1, 0.15) is 0 Å². The Morgan fingerprint density at radius 2 is 2.42 bits per heavy atom. The van der Waals surface area contributed by atoms with E-state index in [1.165, 1.54) is 14.9 Å². The minimum Gasteiger partial charge on any atom is -0.313 e. The van der Waals surface area contributed by atoms with E-state index in [4.69, 9.17) is 0 Å². The van der Waals surface area contributed by atoms with Gasteiger partial charge >= 0.3 is 0 Å². The van der Waals surface area contributed by atoms with E-state index in [0.29, 0.717) is 0 Å². The lowest BCUT2D eigenvalue weighted by atomic mass is 10.1. The van der Waals surface area contributed by atoms with Crippen molar-refractivity contribution < 1.29 is 0 Å². The van der Waals surface area contributed by atoms with Gasteiger partial charge in [-0.05, 0) is 45.9 Å². The Kier molecular flexibility index (Phi) is 2.63. The Labute approximate surface area is 84.6 Å². The average molecular weight is 244 g/mol. The number of hydrogen-bond acceptors (Lipinski definition) is 2. The van der Waals surface area contributed by atoms with Crippen LogP contribution in [-0.4, -0.2) is 13.1 Å². The molecule has 1 aromatic rings. The molecule has 1 N–H and O–H groups in total. The molecule has 1 aliphatic rings. The molecule has 0 radical (unpaired) electrons. The van der Waals surface area contributed by atoms with Gasteiger partial charge in [-0.25, -0.2) is 0 Å². The summed E-state index contributed by atoms with van der Waals surface area (Å²) >= 11 is 5.36. The second-order valence-corrected chi connectivity index (χ2v) is 4.55. The lowest BCUT2D eigenvalue weighted by Gasteiger charge is -2.12. The molecule has 64 valence electrons. The van der Waals surface area contributed by atoms with E-state index in [1.807, 2.05) is 11.3 Å². The fraction of sp³-hybridized carbons (Fsp3) is 0.333. The van der Waals surface area contributed by atoms with Crippen molar-refractivity contribution >= 4 is 32.8 Å². The quantitative estimate of drug-likeness (QED) is 0.800. The lowest BCUT2D eigenvalue weighted by molar-refractivity contribution is 0.739. The fourth-order valence-electron chi connectivity index (χ4n) is 1.35. The minimum absolute atomic E-state index is 1.01. The summed E-state index contributed by atoms with van der Waals surface area (Å²) in [6.45, 7) is 2.12. The summed E-state index contributed by atoms with van der Waals surface area (Å²) in [5.74, 6) is 0. The highest BCUT2D eigenvalue weighted by Crippen LogP contribution is 2.31. The van der Waals surface area contributed by atoms with Crippen molar-refractivity contribution in [3.63, 3.8) is 0 Å². The molecule has 0 saturated heterocycles. The molecule has 0 saturated carbocycles. The zero-order valence-corrected chi connectivity index (χ0v) is 9.04. The van der Waals surface area contributed by atoms with Gasteiger partial charge in [0.15, 0.2) is 0 Å². The fourth-order valence-corrected chi connectivity index (χ4v) is 3.05.